The fourth-order valence-electron chi connectivity index (χ4n) is 2.40. The molecule has 6 heteroatoms. The van der Waals surface area contributed by atoms with Gasteiger partial charge in [0, 0.05) is 37.0 Å². The zero-order chi connectivity index (χ0) is 22.7. The highest BCUT2D eigenvalue weighted by molar-refractivity contribution is 6.45. The van der Waals surface area contributed by atoms with Gasteiger partial charge >= 0.3 is 0 Å². The Hall–Kier alpha value is -1.92. The Balaban J connectivity index is 0. The number of amides is 1. The van der Waals surface area contributed by atoms with Crippen LogP contribution in [0.25, 0.3) is 0 Å². The molecule has 6 nitrogen and oxygen atoms in total. The minimum absolute atomic E-state index is 0.0101. The van der Waals surface area contributed by atoms with Crippen LogP contribution in [0.5, 0.6) is 0 Å². The summed E-state index contributed by atoms with van der Waals surface area (Å²) in [6.45, 7) is 13.8. The summed E-state index contributed by atoms with van der Waals surface area (Å²) in [5, 5.41) is 25.6. The van der Waals surface area contributed by atoms with Crippen LogP contribution in [-0.4, -0.2) is 49.5 Å². The second-order valence-corrected chi connectivity index (χ2v) is 6.86. The number of rotatable bonds is 10. The molecule has 0 bridgehead atoms. The molecule has 1 aliphatic rings. The molecule has 0 fully saturated rings. The Labute approximate surface area is 178 Å². The summed E-state index contributed by atoms with van der Waals surface area (Å²) in [5.41, 5.74) is 1.51. The van der Waals surface area contributed by atoms with Crippen molar-refractivity contribution in [3.63, 3.8) is 0 Å². The number of carbonyl (C=O) groups excluding carboxylic acids is 1. The van der Waals surface area contributed by atoms with Crippen molar-refractivity contribution in [1.29, 1.82) is 5.41 Å². The molecule has 1 aliphatic carbocycles. The average Bonchev–Trinajstić information content (AvgIpc) is 2.95. The Morgan fingerprint density at radius 3 is 2.38 bits per heavy atom. The number of likely N-dealkylation sites (N-methyl/N-ethyl adjacent to an activating group) is 2. The van der Waals surface area contributed by atoms with E-state index in [4.69, 9.17) is 10.5 Å². The van der Waals surface area contributed by atoms with Crippen LogP contribution >= 0.6 is 0 Å². The van der Waals surface area contributed by atoms with Crippen molar-refractivity contribution in [2.24, 2.45) is 5.92 Å². The third-order valence-corrected chi connectivity index (χ3v) is 3.80. The lowest BCUT2D eigenvalue weighted by atomic mass is 10.0. The van der Waals surface area contributed by atoms with Crippen LogP contribution in [0.2, 0.25) is 0 Å². The maximum Gasteiger partial charge on any atom is 0.270 e. The van der Waals surface area contributed by atoms with Gasteiger partial charge in [-0.2, -0.15) is 0 Å². The van der Waals surface area contributed by atoms with Crippen molar-refractivity contribution in [1.82, 2.24) is 16.0 Å². The highest BCUT2D eigenvalue weighted by Gasteiger charge is 2.20. The molecule has 1 rings (SSSR count). The normalized spacial score (nSPS) is 13.6. The summed E-state index contributed by atoms with van der Waals surface area (Å²) >= 11 is 0. The van der Waals surface area contributed by atoms with E-state index in [-0.39, 0.29) is 17.7 Å². The van der Waals surface area contributed by atoms with Gasteiger partial charge in [0.25, 0.3) is 5.91 Å². The predicted molar refractivity (Wildman–Crippen MR) is 125 cm³/mol. The highest BCUT2D eigenvalue weighted by Crippen LogP contribution is 2.14. The molecule has 1 atom stereocenters. The molecule has 0 aromatic rings. The van der Waals surface area contributed by atoms with E-state index in [1.165, 1.54) is 0 Å². The largest absolute Gasteiger partial charge is 0.396 e. The number of allylic oxidation sites excluding steroid dienone is 5. The molecule has 0 aliphatic heterocycles. The molecule has 1 unspecified atom stereocenters. The first-order valence-electron chi connectivity index (χ1n) is 10.9. The number of hydrogen-bond acceptors (Lipinski definition) is 5. The van der Waals surface area contributed by atoms with E-state index in [1.807, 2.05) is 66.0 Å². The van der Waals surface area contributed by atoms with Gasteiger partial charge in [0.1, 0.15) is 5.71 Å². The van der Waals surface area contributed by atoms with Crippen LogP contribution in [-0.2, 0) is 4.79 Å². The first-order valence-corrected chi connectivity index (χ1v) is 10.9. The van der Waals surface area contributed by atoms with E-state index in [2.05, 4.69) is 22.9 Å². The number of aliphatic hydroxyl groups excluding tert-OH is 1. The summed E-state index contributed by atoms with van der Waals surface area (Å²) in [6, 6.07) is 0.0522. The third kappa shape index (κ3) is 13.8. The van der Waals surface area contributed by atoms with Gasteiger partial charge in [-0.25, -0.2) is 0 Å². The third-order valence-electron chi connectivity index (χ3n) is 3.80. The zero-order valence-corrected chi connectivity index (χ0v) is 19.6. The van der Waals surface area contributed by atoms with E-state index in [1.54, 1.807) is 0 Å². The Kier molecular flexibility index (Phi) is 19.6. The highest BCUT2D eigenvalue weighted by atomic mass is 16.3. The van der Waals surface area contributed by atoms with Gasteiger partial charge in [-0.05, 0) is 32.7 Å². The van der Waals surface area contributed by atoms with Crippen molar-refractivity contribution in [3.05, 3.63) is 35.6 Å². The molecule has 1 amide bonds. The number of aliphatic hydroxyl groups is 1. The second kappa shape index (κ2) is 19.4. The number of nitrogens with one attached hydrogen (secondary N) is 4. The van der Waals surface area contributed by atoms with Crippen LogP contribution in [0.3, 0.4) is 0 Å². The van der Waals surface area contributed by atoms with E-state index < -0.39 is 0 Å². The fraction of sp³-hybridized carbons (Fsp3) is 0.652. The van der Waals surface area contributed by atoms with E-state index >= 15 is 0 Å². The quantitative estimate of drug-likeness (QED) is 0.357. The van der Waals surface area contributed by atoms with E-state index in [0.29, 0.717) is 24.6 Å². The SMILES string of the molecule is CC.CC(C)CO.CCCC(CNC)NC(=O)C(=N)C1=CC=CCC=C1NCC. The second-order valence-electron chi connectivity index (χ2n) is 6.86. The van der Waals surface area contributed by atoms with Crippen LogP contribution in [0.4, 0.5) is 0 Å². The van der Waals surface area contributed by atoms with Crippen molar-refractivity contribution in [2.75, 3.05) is 26.7 Å². The van der Waals surface area contributed by atoms with Crippen LogP contribution in [0.15, 0.2) is 35.6 Å². The molecule has 5 N–H and O–H groups in total. The van der Waals surface area contributed by atoms with Gasteiger partial charge < -0.3 is 21.1 Å². The summed E-state index contributed by atoms with van der Waals surface area (Å²) in [7, 11) is 1.87. The predicted octanol–water partition coefficient (Wildman–Crippen LogP) is 3.55. The monoisotopic (exact) mass is 408 g/mol. The van der Waals surface area contributed by atoms with E-state index in [0.717, 1.165) is 31.5 Å². The molecular weight excluding hydrogens is 364 g/mol. The first kappa shape index (κ1) is 29.3. The molecular formula is C23H44N4O2. The Bertz CT molecular complexity index is 531. The lowest BCUT2D eigenvalue weighted by Gasteiger charge is -2.19. The van der Waals surface area contributed by atoms with Gasteiger partial charge in [-0.1, -0.05) is 65.3 Å². The molecule has 0 saturated carbocycles. The molecule has 0 heterocycles. The number of carbonyl (C=O) groups is 1. The van der Waals surface area contributed by atoms with E-state index in [9.17, 15) is 4.79 Å². The first-order chi connectivity index (χ1) is 13.9. The van der Waals surface area contributed by atoms with Crippen LogP contribution in [0, 0.1) is 11.3 Å². The summed E-state index contributed by atoms with van der Waals surface area (Å²) < 4.78 is 0. The van der Waals surface area contributed by atoms with Crippen molar-refractivity contribution < 1.29 is 9.90 Å². The molecule has 0 spiro atoms. The fourth-order valence-corrected chi connectivity index (χ4v) is 2.40. The molecule has 168 valence electrons. The zero-order valence-electron chi connectivity index (χ0n) is 19.6. The molecule has 0 aromatic carbocycles. The van der Waals surface area contributed by atoms with Crippen LogP contribution in [0.1, 0.15) is 60.8 Å². The maximum absolute atomic E-state index is 12.4. The molecule has 0 aromatic heterocycles. The minimum Gasteiger partial charge on any atom is -0.396 e. The maximum atomic E-state index is 12.4. The molecule has 0 saturated heterocycles. The minimum atomic E-state index is -0.320. The summed E-state index contributed by atoms with van der Waals surface area (Å²) in [5.74, 6) is 0.119. The van der Waals surface area contributed by atoms with Gasteiger partial charge in [0.15, 0.2) is 0 Å². The Morgan fingerprint density at radius 2 is 1.90 bits per heavy atom. The standard InChI is InChI=1S/C17H28N4O.C4H10O.C2H6/c1-4-9-13(12-19-3)21-17(22)16(18)14-10-7-6-8-11-15(14)20-5-2;1-4(2)3-5;1-2/h6-7,10-11,13,18-20H,4-5,8-9,12H2,1-3H3,(H,21,22);4-5H,3H2,1-2H3;1-2H3. The lowest BCUT2D eigenvalue weighted by Crippen LogP contribution is -2.44. The summed E-state index contributed by atoms with van der Waals surface area (Å²) in [4.78, 5) is 12.4. The van der Waals surface area contributed by atoms with Gasteiger partial charge in [-0.3, -0.25) is 10.2 Å². The van der Waals surface area contributed by atoms with Gasteiger partial charge in [-0.15, -0.1) is 0 Å². The smallest absolute Gasteiger partial charge is 0.270 e. The van der Waals surface area contributed by atoms with Gasteiger partial charge in [0.05, 0.1) is 0 Å². The lowest BCUT2D eigenvalue weighted by molar-refractivity contribution is -0.115. The van der Waals surface area contributed by atoms with Crippen molar-refractivity contribution in [3.8, 4) is 0 Å². The summed E-state index contributed by atoms with van der Waals surface area (Å²) in [6.07, 6.45) is 10.4. The average molecular weight is 409 g/mol. The van der Waals surface area contributed by atoms with Crippen LogP contribution < -0.4 is 16.0 Å². The van der Waals surface area contributed by atoms with Gasteiger partial charge in [0.2, 0.25) is 0 Å². The Morgan fingerprint density at radius 1 is 1.28 bits per heavy atom. The molecule has 29 heavy (non-hydrogen) atoms. The van der Waals surface area contributed by atoms with Crippen molar-refractivity contribution >= 4 is 11.6 Å². The number of hydrogen-bond donors (Lipinski definition) is 5. The van der Waals surface area contributed by atoms with Crippen molar-refractivity contribution in [2.45, 2.75) is 66.8 Å². The molecule has 0 radical (unpaired) electrons. The topological polar surface area (TPSA) is 97.2 Å².